The highest BCUT2D eigenvalue weighted by Gasteiger charge is 2.33. The van der Waals surface area contributed by atoms with Gasteiger partial charge in [0.15, 0.2) is 0 Å². The fourth-order valence-electron chi connectivity index (χ4n) is 4.06. The van der Waals surface area contributed by atoms with Crippen molar-refractivity contribution in [3.8, 4) is 0 Å². The molecular formula is C25H24F5N5O. The normalized spacial score (nSPS) is 14.9. The number of nitrogens with zero attached hydrogens (tertiary/aromatic N) is 3. The van der Waals surface area contributed by atoms with E-state index in [1.165, 1.54) is 18.3 Å². The van der Waals surface area contributed by atoms with Crippen molar-refractivity contribution < 1.29 is 26.7 Å². The fraction of sp³-hybridized carbons (Fsp3) is 0.280. The molecule has 0 unspecified atom stereocenters. The summed E-state index contributed by atoms with van der Waals surface area (Å²) in [5, 5.41) is 4.84. The minimum atomic E-state index is -4.39. The summed E-state index contributed by atoms with van der Waals surface area (Å²) in [5.41, 5.74) is -0.141. The molecule has 11 heteroatoms. The number of pyridine rings is 1. The Hall–Kier alpha value is -3.73. The molecule has 2 heterocycles. The second kappa shape index (κ2) is 10.9. The van der Waals surface area contributed by atoms with Crippen molar-refractivity contribution in [2.24, 2.45) is 0 Å². The van der Waals surface area contributed by atoms with Crippen LogP contribution in [-0.4, -0.2) is 42.1 Å². The molecule has 1 fully saturated rings. The molecule has 0 radical (unpaired) electrons. The quantitative estimate of drug-likeness (QED) is 0.435. The fourth-order valence-corrected chi connectivity index (χ4v) is 4.06. The summed E-state index contributed by atoms with van der Waals surface area (Å²) in [4.78, 5) is 20.5. The third-order valence-electron chi connectivity index (χ3n) is 5.81. The minimum absolute atomic E-state index is 0.162. The van der Waals surface area contributed by atoms with E-state index in [0.29, 0.717) is 43.8 Å². The number of alkyl halides is 3. The zero-order valence-corrected chi connectivity index (χ0v) is 19.2. The number of urea groups is 1. The van der Waals surface area contributed by atoms with E-state index in [9.17, 15) is 26.7 Å². The largest absolute Gasteiger partial charge is 0.416 e. The molecule has 36 heavy (non-hydrogen) atoms. The lowest BCUT2D eigenvalue weighted by atomic mass is 10.1. The SMILES string of the molecule is O=C(Nc1ccc(N2CCCN(Cc3ccccc3C(F)(F)F)CC2)nc1)Nc1ccc(F)cc1F. The van der Waals surface area contributed by atoms with Crippen LogP contribution in [0.25, 0.3) is 0 Å². The number of carbonyl (C=O) groups is 1. The van der Waals surface area contributed by atoms with Gasteiger partial charge in [0.25, 0.3) is 0 Å². The minimum Gasteiger partial charge on any atom is -0.355 e. The first-order valence-electron chi connectivity index (χ1n) is 11.3. The summed E-state index contributed by atoms with van der Waals surface area (Å²) in [6.07, 6.45) is -2.18. The van der Waals surface area contributed by atoms with E-state index in [2.05, 4.69) is 15.6 Å². The average molecular weight is 505 g/mol. The van der Waals surface area contributed by atoms with Crippen LogP contribution in [-0.2, 0) is 12.7 Å². The molecule has 0 bridgehead atoms. The van der Waals surface area contributed by atoms with Gasteiger partial charge >= 0.3 is 12.2 Å². The van der Waals surface area contributed by atoms with E-state index >= 15 is 0 Å². The zero-order chi connectivity index (χ0) is 25.7. The van der Waals surface area contributed by atoms with Gasteiger partial charge in [-0.1, -0.05) is 18.2 Å². The molecule has 0 spiro atoms. The van der Waals surface area contributed by atoms with Gasteiger partial charge in [-0.3, -0.25) is 4.90 Å². The monoisotopic (exact) mass is 505 g/mol. The Bertz CT molecular complexity index is 1200. The average Bonchev–Trinajstić information content (AvgIpc) is 3.07. The van der Waals surface area contributed by atoms with Gasteiger partial charge in [-0.2, -0.15) is 13.2 Å². The number of benzene rings is 2. The molecule has 3 aromatic rings. The van der Waals surface area contributed by atoms with Gasteiger partial charge in [0, 0.05) is 38.8 Å². The number of nitrogens with one attached hydrogen (secondary N) is 2. The van der Waals surface area contributed by atoms with Gasteiger partial charge in [-0.05, 0) is 42.3 Å². The van der Waals surface area contributed by atoms with Crippen LogP contribution >= 0.6 is 0 Å². The first-order chi connectivity index (χ1) is 17.2. The van der Waals surface area contributed by atoms with Crippen molar-refractivity contribution in [2.45, 2.75) is 19.1 Å². The third-order valence-corrected chi connectivity index (χ3v) is 5.81. The molecule has 6 nitrogen and oxygen atoms in total. The van der Waals surface area contributed by atoms with Crippen molar-refractivity contribution in [2.75, 3.05) is 41.7 Å². The topological polar surface area (TPSA) is 60.5 Å². The maximum Gasteiger partial charge on any atom is 0.416 e. The van der Waals surface area contributed by atoms with E-state index in [-0.39, 0.29) is 17.8 Å². The summed E-state index contributed by atoms with van der Waals surface area (Å²) in [7, 11) is 0. The molecule has 2 N–H and O–H groups in total. The third kappa shape index (κ3) is 6.48. The smallest absolute Gasteiger partial charge is 0.355 e. The number of halogens is 5. The van der Waals surface area contributed by atoms with E-state index in [1.54, 1.807) is 18.2 Å². The molecule has 190 valence electrons. The highest BCUT2D eigenvalue weighted by molar-refractivity contribution is 5.99. The van der Waals surface area contributed by atoms with Crippen LogP contribution in [0.4, 0.5) is 43.9 Å². The number of rotatable bonds is 5. The molecule has 1 aliphatic heterocycles. The van der Waals surface area contributed by atoms with Gasteiger partial charge < -0.3 is 15.5 Å². The number of hydrogen-bond donors (Lipinski definition) is 2. The molecule has 1 saturated heterocycles. The predicted molar refractivity (Wildman–Crippen MR) is 127 cm³/mol. The Morgan fingerprint density at radius 3 is 2.47 bits per heavy atom. The van der Waals surface area contributed by atoms with Gasteiger partial charge in [0.2, 0.25) is 0 Å². The zero-order valence-electron chi connectivity index (χ0n) is 19.2. The van der Waals surface area contributed by atoms with Crippen LogP contribution in [0.3, 0.4) is 0 Å². The van der Waals surface area contributed by atoms with Gasteiger partial charge in [0.05, 0.1) is 23.1 Å². The molecule has 0 saturated carbocycles. The Labute approximate surface area is 204 Å². The van der Waals surface area contributed by atoms with Crippen molar-refractivity contribution in [3.05, 3.63) is 83.6 Å². The molecule has 0 aliphatic carbocycles. The Kier molecular flexibility index (Phi) is 7.68. The summed E-state index contributed by atoms with van der Waals surface area (Å²) >= 11 is 0. The molecular weight excluding hydrogens is 481 g/mol. The van der Waals surface area contributed by atoms with E-state index in [0.717, 1.165) is 24.6 Å². The first kappa shape index (κ1) is 25.4. The maximum atomic E-state index is 13.7. The Morgan fingerprint density at radius 1 is 0.944 bits per heavy atom. The summed E-state index contributed by atoms with van der Waals surface area (Å²) in [5.74, 6) is -0.972. The van der Waals surface area contributed by atoms with E-state index < -0.39 is 29.4 Å². The molecule has 2 amide bonds. The lowest BCUT2D eigenvalue weighted by Gasteiger charge is -2.24. The van der Waals surface area contributed by atoms with Crippen molar-refractivity contribution >= 4 is 23.2 Å². The van der Waals surface area contributed by atoms with Gasteiger partial charge in [0.1, 0.15) is 17.5 Å². The van der Waals surface area contributed by atoms with Crippen molar-refractivity contribution in [1.29, 1.82) is 0 Å². The van der Waals surface area contributed by atoms with Crippen LogP contribution in [0.15, 0.2) is 60.8 Å². The predicted octanol–water partition coefficient (Wildman–Crippen LogP) is 5.73. The number of amides is 2. The maximum absolute atomic E-state index is 13.7. The molecule has 0 atom stereocenters. The van der Waals surface area contributed by atoms with Crippen LogP contribution in [0.1, 0.15) is 17.5 Å². The summed E-state index contributed by atoms with van der Waals surface area (Å²) in [6, 6.07) is 11.1. The summed E-state index contributed by atoms with van der Waals surface area (Å²) < 4.78 is 66.7. The van der Waals surface area contributed by atoms with Crippen molar-refractivity contribution in [1.82, 2.24) is 9.88 Å². The number of aromatic nitrogens is 1. The number of hydrogen-bond acceptors (Lipinski definition) is 4. The number of carbonyl (C=O) groups excluding carboxylic acids is 1. The van der Waals surface area contributed by atoms with Crippen LogP contribution in [0.5, 0.6) is 0 Å². The van der Waals surface area contributed by atoms with Gasteiger partial charge in [-0.25, -0.2) is 18.6 Å². The molecule has 1 aromatic heterocycles. The van der Waals surface area contributed by atoms with Crippen LogP contribution in [0, 0.1) is 11.6 Å². The number of anilines is 3. The van der Waals surface area contributed by atoms with Crippen molar-refractivity contribution in [3.63, 3.8) is 0 Å². The second-order valence-corrected chi connectivity index (χ2v) is 8.38. The van der Waals surface area contributed by atoms with Gasteiger partial charge in [-0.15, -0.1) is 0 Å². The van der Waals surface area contributed by atoms with Crippen LogP contribution in [0.2, 0.25) is 0 Å². The standard InChI is InChI=1S/C25H24F5N5O/c26-18-6-8-22(21(27)14-18)33-24(36)32-19-7-9-23(31-15-19)35-11-3-10-34(12-13-35)16-17-4-1-2-5-20(17)25(28,29)30/h1-2,4-9,14-15H,3,10-13,16H2,(H2,32,33,36). The Balaban J connectivity index is 1.33. The summed E-state index contributed by atoms with van der Waals surface area (Å²) in [6.45, 7) is 2.70. The highest BCUT2D eigenvalue weighted by Crippen LogP contribution is 2.32. The molecule has 1 aliphatic rings. The van der Waals surface area contributed by atoms with E-state index in [4.69, 9.17) is 0 Å². The molecule has 2 aromatic carbocycles. The van der Waals surface area contributed by atoms with Crippen LogP contribution < -0.4 is 15.5 Å². The molecule has 4 rings (SSSR count). The second-order valence-electron chi connectivity index (χ2n) is 8.38. The lowest BCUT2D eigenvalue weighted by molar-refractivity contribution is -0.138. The Morgan fingerprint density at radius 2 is 1.75 bits per heavy atom. The first-order valence-corrected chi connectivity index (χ1v) is 11.3. The highest BCUT2D eigenvalue weighted by atomic mass is 19.4. The van der Waals surface area contributed by atoms with E-state index in [1.807, 2.05) is 9.80 Å². The lowest BCUT2D eigenvalue weighted by Crippen LogP contribution is -2.31.